The fraction of sp³-hybridized carbons (Fsp3) is 0.900. The molecule has 2 unspecified atom stereocenters. The molecule has 15 heavy (non-hydrogen) atoms. The van der Waals surface area contributed by atoms with Gasteiger partial charge in [0.25, 0.3) is 5.92 Å². The number of hydrogen-bond donors (Lipinski definition) is 1. The first-order valence-electron chi connectivity index (χ1n) is 5.21. The molecule has 0 aromatic carbocycles. The molecule has 2 rings (SSSR count). The normalized spacial score (nSPS) is 38.5. The van der Waals surface area contributed by atoms with Crippen LogP contribution < -0.4 is 5.32 Å². The number of esters is 1. The predicted octanol–water partition coefficient (Wildman–Crippen LogP) is 1.18. The molecule has 0 spiro atoms. The Morgan fingerprint density at radius 1 is 1.53 bits per heavy atom. The Balaban J connectivity index is 2.37. The summed E-state index contributed by atoms with van der Waals surface area (Å²) < 4.78 is 32.7. The lowest BCUT2D eigenvalue weighted by Crippen LogP contribution is -2.65. The molecule has 0 radical (unpaired) electrons. The monoisotopic (exact) mass is 219 g/mol. The molecule has 1 aliphatic heterocycles. The minimum atomic E-state index is -2.93. The van der Waals surface area contributed by atoms with Crippen LogP contribution in [0.15, 0.2) is 0 Å². The van der Waals surface area contributed by atoms with Crippen molar-refractivity contribution in [2.24, 2.45) is 11.3 Å². The van der Waals surface area contributed by atoms with E-state index in [1.165, 1.54) is 7.11 Å². The number of nitrogens with one attached hydrogen (secondary N) is 1. The molecule has 1 saturated carbocycles. The van der Waals surface area contributed by atoms with Gasteiger partial charge in [-0.3, -0.25) is 4.79 Å². The molecule has 0 amide bonds. The van der Waals surface area contributed by atoms with E-state index in [4.69, 9.17) is 0 Å². The third-order valence-electron chi connectivity index (χ3n) is 3.70. The lowest BCUT2D eigenvalue weighted by molar-refractivity contribution is -0.219. The van der Waals surface area contributed by atoms with Crippen LogP contribution in [0.5, 0.6) is 0 Å². The van der Waals surface area contributed by atoms with Gasteiger partial charge >= 0.3 is 5.97 Å². The summed E-state index contributed by atoms with van der Waals surface area (Å²) in [4.78, 5) is 11.6. The van der Waals surface area contributed by atoms with Crippen LogP contribution in [-0.4, -0.2) is 32.1 Å². The van der Waals surface area contributed by atoms with Crippen LogP contribution in [0.25, 0.3) is 0 Å². The number of carbonyl (C=O) groups is 1. The Morgan fingerprint density at radius 3 is 2.93 bits per heavy atom. The minimum absolute atomic E-state index is 0.0309. The van der Waals surface area contributed by atoms with Crippen molar-refractivity contribution in [3.8, 4) is 0 Å². The van der Waals surface area contributed by atoms with Crippen LogP contribution in [-0.2, 0) is 9.53 Å². The number of halogens is 2. The van der Waals surface area contributed by atoms with E-state index in [-0.39, 0.29) is 13.0 Å². The number of methoxy groups -OCH3 is 1. The van der Waals surface area contributed by atoms with Crippen LogP contribution in [0, 0.1) is 11.3 Å². The zero-order chi connectivity index (χ0) is 11.1. The van der Waals surface area contributed by atoms with Crippen molar-refractivity contribution in [1.29, 1.82) is 0 Å². The molecule has 2 bridgehead atoms. The Bertz CT molecular complexity index is 271. The topological polar surface area (TPSA) is 38.3 Å². The number of alkyl halides is 2. The van der Waals surface area contributed by atoms with Gasteiger partial charge in [0.05, 0.1) is 7.11 Å². The third kappa shape index (κ3) is 1.29. The van der Waals surface area contributed by atoms with Gasteiger partial charge in [0.1, 0.15) is 5.41 Å². The van der Waals surface area contributed by atoms with Gasteiger partial charge in [-0.1, -0.05) is 6.42 Å². The minimum Gasteiger partial charge on any atom is -0.468 e. The number of carbonyl (C=O) groups excluding carboxylic acids is 1. The van der Waals surface area contributed by atoms with E-state index in [1.54, 1.807) is 0 Å². The second kappa shape index (κ2) is 3.40. The van der Waals surface area contributed by atoms with Gasteiger partial charge in [0.15, 0.2) is 0 Å². The molecule has 2 fully saturated rings. The van der Waals surface area contributed by atoms with E-state index in [2.05, 4.69) is 10.1 Å². The zero-order valence-corrected chi connectivity index (χ0v) is 8.69. The standard InChI is InChI=1S/C10H15F2NO2/c1-15-8(14)9-4-2-3-7(5-13-6-9)10(9,11)12/h7,13H,2-6H2,1H3. The largest absolute Gasteiger partial charge is 0.468 e. The van der Waals surface area contributed by atoms with Crippen molar-refractivity contribution in [3.63, 3.8) is 0 Å². The first-order chi connectivity index (χ1) is 7.04. The van der Waals surface area contributed by atoms with E-state index in [0.29, 0.717) is 19.4 Å². The highest BCUT2D eigenvalue weighted by atomic mass is 19.3. The molecule has 5 heteroatoms. The molecule has 0 aromatic heterocycles. The maximum absolute atomic E-state index is 14.1. The summed E-state index contributed by atoms with van der Waals surface area (Å²) in [6, 6.07) is 0. The van der Waals surface area contributed by atoms with Gasteiger partial charge in [0, 0.05) is 19.0 Å². The van der Waals surface area contributed by atoms with Gasteiger partial charge in [-0.2, -0.15) is 0 Å². The summed E-state index contributed by atoms with van der Waals surface area (Å²) in [5.74, 6) is -4.42. The van der Waals surface area contributed by atoms with Gasteiger partial charge in [0.2, 0.25) is 0 Å². The van der Waals surface area contributed by atoms with Crippen molar-refractivity contribution in [1.82, 2.24) is 5.32 Å². The SMILES string of the molecule is COC(=O)C12CCCC(CNC1)C2(F)F. The molecule has 1 aliphatic carbocycles. The Kier molecular flexibility index (Phi) is 2.45. The molecular weight excluding hydrogens is 204 g/mol. The van der Waals surface area contributed by atoms with Crippen LogP contribution in [0.1, 0.15) is 19.3 Å². The third-order valence-corrected chi connectivity index (χ3v) is 3.70. The maximum atomic E-state index is 14.1. The lowest BCUT2D eigenvalue weighted by Gasteiger charge is -2.49. The molecule has 1 N–H and O–H groups in total. The van der Waals surface area contributed by atoms with E-state index < -0.39 is 23.2 Å². The summed E-state index contributed by atoms with van der Waals surface area (Å²) in [5.41, 5.74) is -1.62. The van der Waals surface area contributed by atoms with Crippen molar-refractivity contribution < 1.29 is 18.3 Å². The number of fused-ring (bicyclic) bond motifs is 2. The fourth-order valence-corrected chi connectivity index (χ4v) is 2.79. The highest BCUT2D eigenvalue weighted by Gasteiger charge is 2.66. The summed E-state index contributed by atoms with van der Waals surface area (Å²) in [7, 11) is 1.17. The van der Waals surface area contributed by atoms with Gasteiger partial charge in [-0.15, -0.1) is 0 Å². The zero-order valence-electron chi connectivity index (χ0n) is 8.69. The van der Waals surface area contributed by atoms with Crippen LogP contribution in [0.3, 0.4) is 0 Å². The van der Waals surface area contributed by atoms with Crippen molar-refractivity contribution in [2.75, 3.05) is 20.2 Å². The number of rotatable bonds is 1. The highest BCUT2D eigenvalue weighted by molar-refractivity contribution is 5.79. The van der Waals surface area contributed by atoms with Gasteiger partial charge < -0.3 is 10.1 Å². The molecule has 86 valence electrons. The smallest absolute Gasteiger partial charge is 0.319 e. The van der Waals surface area contributed by atoms with Crippen molar-refractivity contribution in [2.45, 2.75) is 25.2 Å². The summed E-state index contributed by atoms with van der Waals surface area (Å²) in [6.07, 6.45) is 1.38. The maximum Gasteiger partial charge on any atom is 0.319 e. The van der Waals surface area contributed by atoms with Crippen molar-refractivity contribution in [3.05, 3.63) is 0 Å². The molecule has 3 nitrogen and oxygen atoms in total. The fourth-order valence-electron chi connectivity index (χ4n) is 2.79. The van der Waals surface area contributed by atoms with Crippen molar-refractivity contribution >= 4 is 5.97 Å². The molecule has 1 saturated heterocycles. The van der Waals surface area contributed by atoms with Crippen LogP contribution in [0.2, 0.25) is 0 Å². The quantitative estimate of drug-likeness (QED) is 0.673. The predicted molar refractivity (Wildman–Crippen MR) is 49.6 cm³/mol. The van der Waals surface area contributed by atoms with E-state index in [0.717, 1.165) is 0 Å². The first kappa shape index (κ1) is 10.8. The molecule has 1 heterocycles. The highest BCUT2D eigenvalue weighted by Crippen LogP contribution is 2.53. The molecule has 0 aromatic rings. The first-order valence-corrected chi connectivity index (χ1v) is 5.21. The molecule has 2 atom stereocenters. The second-order valence-electron chi connectivity index (χ2n) is 4.42. The Hall–Kier alpha value is -0.710. The number of piperidine rings is 1. The average Bonchev–Trinajstić information content (AvgIpc) is 2.15. The second-order valence-corrected chi connectivity index (χ2v) is 4.42. The lowest BCUT2D eigenvalue weighted by atomic mass is 9.64. The summed E-state index contributed by atoms with van der Waals surface area (Å²) in [5, 5.41) is 2.92. The molecular formula is C10H15F2NO2. The Labute approximate surface area is 87.2 Å². The van der Waals surface area contributed by atoms with E-state index >= 15 is 0 Å². The van der Waals surface area contributed by atoms with Gasteiger partial charge in [-0.25, -0.2) is 8.78 Å². The van der Waals surface area contributed by atoms with Crippen LogP contribution in [0.4, 0.5) is 8.78 Å². The summed E-state index contributed by atoms with van der Waals surface area (Å²) >= 11 is 0. The Morgan fingerprint density at radius 2 is 2.27 bits per heavy atom. The number of hydrogen-bond acceptors (Lipinski definition) is 3. The summed E-state index contributed by atoms with van der Waals surface area (Å²) in [6.45, 7) is 0.328. The van der Waals surface area contributed by atoms with E-state index in [9.17, 15) is 13.6 Å². The van der Waals surface area contributed by atoms with E-state index in [1.807, 2.05) is 0 Å². The average molecular weight is 219 g/mol. The van der Waals surface area contributed by atoms with Gasteiger partial charge in [-0.05, 0) is 12.8 Å². The molecule has 2 aliphatic rings. The van der Waals surface area contributed by atoms with Crippen LogP contribution >= 0.6 is 0 Å². The number of ether oxygens (including phenoxy) is 1.